The molecule has 0 aliphatic carbocycles. The van der Waals surface area contributed by atoms with Crippen molar-refractivity contribution in [3.63, 3.8) is 0 Å². The van der Waals surface area contributed by atoms with Crippen molar-refractivity contribution in [2.75, 3.05) is 12.8 Å². The van der Waals surface area contributed by atoms with Crippen LogP contribution in [0.15, 0.2) is 30.6 Å². The average molecular weight is 259 g/mol. The molecule has 0 unspecified atom stereocenters. The van der Waals surface area contributed by atoms with Gasteiger partial charge < -0.3 is 15.0 Å². The van der Waals surface area contributed by atoms with Gasteiger partial charge in [0, 0.05) is 19.2 Å². The first kappa shape index (κ1) is 13.6. The Morgan fingerprint density at radius 2 is 2.00 bits per heavy atom. The summed E-state index contributed by atoms with van der Waals surface area (Å²) in [6, 6.07) is 8.17. The molecule has 0 aliphatic rings. The van der Waals surface area contributed by atoms with Gasteiger partial charge in [0.05, 0.1) is 12.9 Å². The minimum absolute atomic E-state index is 0.626. The molecule has 4 nitrogen and oxygen atoms in total. The van der Waals surface area contributed by atoms with Crippen LogP contribution in [0.3, 0.4) is 0 Å². The Morgan fingerprint density at radius 1 is 1.26 bits per heavy atom. The zero-order valence-electron chi connectivity index (χ0n) is 11.6. The number of aryl methyl sites for hydroxylation is 1. The van der Waals surface area contributed by atoms with E-state index in [-0.39, 0.29) is 0 Å². The molecule has 0 bridgehead atoms. The minimum atomic E-state index is 0.626. The number of hydrogen-bond donors (Lipinski definition) is 1. The molecule has 4 heteroatoms. The smallest absolute Gasteiger partial charge is 0.131 e. The maximum absolute atomic E-state index is 6.15. The molecule has 0 saturated carbocycles. The first-order valence-electron chi connectivity index (χ1n) is 6.65. The van der Waals surface area contributed by atoms with E-state index in [4.69, 9.17) is 10.5 Å². The predicted octanol–water partition coefficient (Wildman–Crippen LogP) is 3.08. The third-order valence-electron chi connectivity index (χ3n) is 3.17. The number of ether oxygens (including phenoxy) is 1. The first-order chi connectivity index (χ1) is 9.26. The van der Waals surface area contributed by atoms with Crippen LogP contribution in [0.5, 0.6) is 0 Å². The molecule has 0 atom stereocenters. The molecule has 0 radical (unpaired) electrons. The molecule has 19 heavy (non-hydrogen) atoms. The maximum Gasteiger partial charge on any atom is 0.131 e. The normalized spacial score (nSPS) is 10.8. The fourth-order valence-electron chi connectivity index (χ4n) is 2.05. The number of rotatable bonds is 6. The second-order valence-electron chi connectivity index (χ2n) is 4.66. The van der Waals surface area contributed by atoms with Crippen molar-refractivity contribution in [2.45, 2.75) is 32.9 Å². The van der Waals surface area contributed by atoms with Gasteiger partial charge in [0.25, 0.3) is 0 Å². The number of nitrogen functional groups attached to an aromatic ring is 1. The van der Waals surface area contributed by atoms with E-state index in [2.05, 4.69) is 11.9 Å². The van der Waals surface area contributed by atoms with Crippen LogP contribution in [0.4, 0.5) is 5.82 Å². The van der Waals surface area contributed by atoms with Gasteiger partial charge in [-0.05, 0) is 12.0 Å². The molecule has 1 aromatic carbocycles. The molecule has 1 aromatic heterocycles. The molecule has 0 spiro atoms. The van der Waals surface area contributed by atoms with E-state index < -0.39 is 0 Å². The Morgan fingerprint density at radius 3 is 2.63 bits per heavy atom. The van der Waals surface area contributed by atoms with Crippen LogP contribution >= 0.6 is 0 Å². The average Bonchev–Trinajstić information content (AvgIpc) is 2.79. The standard InChI is InChI=1S/C15H21N3O/c1-3-4-9-18-11-17-14(15(18)16)13-7-5-12(6-8-13)10-19-2/h5-8,11H,3-4,9-10,16H2,1-2H3. The zero-order valence-corrected chi connectivity index (χ0v) is 11.6. The Kier molecular flexibility index (Phi) is 4.58. The van der Waals surface area contributed by atoms with E-state index in [1.54, 1.807) is 7.11 Å². The first-order valence-corrected chi connectivity index (χ1v) is 6.65. The topological polar surface area (TPSA) is 53.1 Å². The molecule has 0 amide bonds. The summed E-state index contributed by atoms with van der Waals surface area (Å²) >= 11 is 0. The largest absolute Gasteiger partial charge is 0.383 e. The van der Waals surface area contributed by atoms with E-state index in [1.165, 1.54) is 0 Å². The number of aromatic nitrogens is 2. The lowest BCUT2D eigenvalue weighted by Gasteiger charge is -2.05. The molecular weight excluding hydrogens is 238 g/mol. The van der Waals surface area contributed by atoms with Crippen molar-refractivity contribution in [3.8, 4) is 11.3 Å². The van der Waals surface area contributed by atoms with Crippen LogP contribution in [-0.2, 0) is 17.9 Å². The lowest BCUT2D eigenvalue weighted by atomic mass is 10.1. The van der Waals surface area contributed by atoms with Crippen molar-refractivity contribution < 1.29 is 4.74 Å². The number of imidazole rings is 1. The highest BCUT2D eigenvalue weighted by Gasteiger charge is 2.09. The number of anilines is 1. The van der Waals surface area contributed by atoms with Crippen molar-refractivity contribution in [3.05, 3.63) is 36.2 Å². The second kappa shape index (κ2) is 6.38. The summed E-state index contributed by atoms with van der Waals surface area (Å²) in [5.41, 5.74) is 9.21. The number of hydrogen-bond acceptors (Lipinski definition) is 3. The maximum atomic E-state index is 6.15. The van der Waals surface area contributed by atoms with Gasteiger partial charge in [0.15, 0.2) is 0 Å². The van der Waals surface area contributed by atoms with Gasteiger partial charge in [-0.1, -0.05) is 37.6 Å². The fourth-order valence-corrected chi connectivity index (χ4v) is 2.05. The van der Waals surface area contributed by atoms with Gasteiger partial charge in [-0.25, -0.2) is 4.98 Å². The Bertz CT molecular complexity index is 517. The van der Waals surface area contributed by atoms with Crippen molar-refractivity contribution in [2.24, 2.45) is 0 Å². The number of benzene rings is 1. The van der Waals surface area contributed by atoms with Crippen LogP contribution in [0.25, 0.3) is 11.3 Å². The summed E-state index contributed by atoms with van der Waals surface area (Å²) in [7, 11) is 1.70. The zero-order chi connectivity index (χ0) is 13.7. The number of nitrogens with zero attached hydrogens (tertiary/aromatic N) is 2. The molecule has 2 aromatic rings. The lowest BCUT2D eigenvalue weighted by molar-refractivity contribution is 0.185. The van der Waals surface area contributed by atoms with Crippen molar-refractivity contribution in [1.29, 1.82) is 0 Å². The van der Waals surface area contributed by atoms with E-state index in [9.17, 15) is 0 Å². The van der Waals surface area contributed by atoms with Crippen molar-refractivity contribution in [1.82, 2.24) is 9.55 Å². The van der Waals surface area contributed by atoms with E-state index in [0.717, 1.165) is 42.0 Å². The molecule has 0 aliphatic heterocycles. The second-order valence-corrected chi connectivity index (χ2v) is 4.66. The van der Waals surface area contributed by atoms with E-state index in [0.29, 0.717) is 6.61 Å². The van der Waals surface area contributed by atoms with Gasteiger partial charge in [0.1, 0.15) is 11.5 Å². The van der Waals surface area contributed by atoms with Gasteiger partial charge in [-0.2, -0.15) is 0 Å². The van der Waals surface area contributed by atoms with Gasteiger partial charge in [0.2, 0.25) is 0 Å². The Hall–Kier alpha value is -1.81. The molecule has 2 rings (SSSR count). The van der Waals surface area contributed by atoms with Crippen molar-refractivity contribution >= 4 is 5.82 Å². The molecule has 2 N–H and O–H groups in total. The predicted molar refractivity (Wildman–Crippen MR) is 77.7 cm³/mol. The highest BCUT2D eigenvalue weighted by Crippen LogP contribution is 2.24. The highest BCUT2D eigenvalue weighted by molar-refractivity contribution is 5.70. The quantitative estimate of drug-likeness (QED) is 0.867. The monoisotopic (exact) mass is 259 g/mol. The molecule has 1 heterocycles. The highest BCUT2D eigenvalue weighted by atomic mass is 16.5. The number of methoxy groups -OCH3 is 1. The summed E-state index contributed by atoms with van der Waals surface area (Å²) < 4.78 is 7.12. The number of nitrogens with two attached hydrogens (primary N) is 1. The Labute approximate surface area is 114 Å². The Balaban J connectivity index is 2.19. The fraction of sp³-hybridized carbons (Fsp3) is 0.400. The summed E-state index contributed by atoms with van der Waals surface area (Å²) in [6.07, 6.45) is 4.09. The van der Waals surface area contributed by atoms with E-state index in [1.807, 2.05) is 35.2 Å². The molecular formula is C15H21N3O. The van der Waals surface area contributed by atoms with Crippen LogP contribution < -0.4 is 5.73 Å². The van der Waals surface area contributed by atoms with Gasteiger partial charge in [-0.15, -0.1) is 0 Å². The minimum Gasteiger partial charge on any atom is -0.383 e. The van der Waals surface area contributed by atoms with E-state index >= 15 is 0 Å². The van der Waals surface area contributed by atoms with Crippen LogP contribution in [0.2, 0.25) is 0 Å². The van der Waals surface area contributed by atoms with Gasteiger partial charge in [-0.3, -0.25) is 0 Å². The van der Waals surface area contributed by atoms with Gasteiger partial charge >= 0.3 is 0 Å². The summed E-state index contributed by atoms with van der Waals surface area (Å²) in [4.78, 5) is 4.42. The third kappa shape index (κ3) is 3.15. The third-order valence-corrected chi connectivity index (χ3v) is 3.17. The molecule has 0 saturated heterocycles. The summed E-state index contributed by atoms with van der Waals surface area (Å²) in [6.45, 7) is 3.72. The SMILES string of the molecule is CCCCn1cnc(-c2ccc(COC)cc2)c1N. The summed E-state index contributed by atoms with van der Waals surface area (Å²) in [5.74, 6) is 0.743. The molecule has 102 valence electrons. The summed E-state index contributed by atoms with van der Waals surface area (Å²) in [5, 5.41) is 0. The number of unbranched alkanes of at least 4 members (excludes halogenated alkanes) is 1. The van der Waals surface area contributed by atoms with Crippen LogP contribution in [0, 0.1) is 0 Å². The van der Waals surface area contributed by atoms with Crippen LogP contribution in [-0.4, -0.2) is 16.7 Å². The molecule has 0 fully saturated rings. The van der Waals surface area contributed by atoms with Crippen LogP contribution in [0.1, 0.15) is 25.3 Å². The lowest BCUT2D eigenvalue weighted by Crippen LogP contribution is -2.02.